The van der Waals surface area contributed by atoms with Gasteiger partial charge < -0.3 is 4.74 Å². The number of hydrogen-bond donors (Lipinski definition) is 0. The molecule has 4 heteroatoms. The summed E-state index contributed by atoms with van der Waals surface area (Å²) in [7, 11) is 0. The molecule has 1 aromatic heterocycles. The maximum Gasteiger partial charge on any atom is 0.154 e. The standard InChI is InChI=1S/C9H9Br2NO/c10-5-6-4-7(11)9-8(12-6)2-1-3-13-9/h4H,1-3,5H2. The van der Waals surface area contributed by atoms with Gasteiger partial charge in [-0.2, -0.15) is 0 Å². The molecule has 0 unspecified atom stereocenters. The van der Waals surface area contributed by atoms with E-state index in [0.29, 0.717) is 0 Å². The molecule has 0 bridgehead atoms. The van der Waals surface area contributed by atoms with E-state index in [9.17, 15) is 0 Å². The second kappa shape index (κ2) is 3.96. The van der Waals surface area contributed by atoms with E-state index in [-0.39, 0.29) is 0 Å². The average Bonchev–Trinajstić information content (AvgIpc) is 2.18. The first-order valence-corrected chi connectivity index (χ1v) is 6.10. The van der Waals surface area contributed by atoms with Crippen LogP contribution in [-0.4, -0.2) is 11.6 Å². The maximum absolute atomic E-state index is 5.53. The van der Waals surface area contributed by atoms with Gasteiger partial charge in [0.05, 0.1) is 22.5 Å². The number of pyridine rings is 1. The molecular weight excluding hydrogens is 298 g/mol. The molecule has 0 saturated heterocycles. The number of aromatic nitrogens is 1. The molecule has 2 heterocycles. The summed E-state index contributed by atoms with van der Waals surface area (Å²) < 4.78 is 6.55. The Kier molecular flexibility index (Phi) is 2.89. The molecule has 1 aliphatic heterocycles. The van der Waals surface area contributed by atoms with Gasteiger partial charge in [-0.1, -0.05) is 15.9 Å². The molecule has 1 aliphatic rings. The van der Waals surface area contributed by atoms with Crippen LogP contribution in [0.5, 0.6) is 5.75 Å². The first-order chi connectivity index (χ1) is 6.31. The molecule has 0 saturated carbocycles. The number of ether oxygens (including phenoxy) is 1. The van der Waals surface area contributed by atoms with Crippen molar-refractivity contribution in [1.82, 2.24) is 4.98 Å². The predicted molar refractivity (Wildman–Crippen MR) is 58.4 cm³/mol. The van der Waals surface area contributed by atoms with Crippen LogP contribution in [0.3, 0.4) is 0 Å². The summed E-state index contributed by atoms with van der Waals surface area (Å²) >= 11 is 6.88. The second-order valence-electron chi connectivity index (χ2n) is 2.96. The number of rotatable bonds is 1. The van der Waals surface area contributed by atoms with Gasteiger partial charge in [-0.15, -0.1) is 0 Å². The SMILES string of the molecule is BrCc1cc(Br)c2c(n1)CCCO2. The summed E-state index contributed by atoms with van der Waals surface area (Å²) in [6.07, 6.45) is 2.09. The lowest BCUT2D eigenvalue weighted by atomic mass is 10.1. The van der Waals surface area contributed by atoms with Crippen LogP contribution >= 0.6 is 31.9 Å². The minimum absolute atomic E-state index is 0.791. The molecule has 70 valence electrons. The summed E-state index contributed by atoms with van der Waals surface area (Å²) in [4.78, 5) is 4.49. The third kappa shape index (κ3) is 1.89. The van der Waals surface area contributed by atoms with E-state index in [4.69, 9.17) is 4.74 Å². The van der Waals surface area contributed by atoms with Gasteiger partial charge in [0.25, 0.3) is 0 Å². The molecule has 13 heavy (non-hydrogen) atoms. The predicted octanol–water partition coefficient (Wildman–Crippen LogP) is 3.06. The van der Waals surface area contributed by atoms with Crippen LogP contribution in [0.25, 0.3) is 0 Å². The zero-order valence-corrected chi connectivity index (χ0v) is 10.2. The first kappa shape index (κ1) is 9.46. The molecule has 2 nitrogen and oxygen atoms in total. The van der Waals surface area contributed by atoms with Crippen LogP contribution in [0, 0.1) is 0 Å². The first-order valence-electron chi connectivity index (χ1n) is 4.18. The molecule has 0 fully saturated rings. The summed E-state index contributed by atoms with van der Waals surface area (Å²) in [6.45, 7) is 0.806. The van der Waals surface area contributed by atoms with Gasteiger partial charge >= 0.3 is 0 Å². The number of alkyl halides is 1. The van der Waals surface area contributed by atoms with Gasteiger partial charge in [-0.05, 0) is 34.8 Å². The highest BCUT2D eigenvalue weighted by molar-refractivity contribution is 9.10. The average molecular weight is 307 g/mol. The second-order valence-corrected chi connectivity index (χ2v) is 4.37. The zero-order valence-electron chi connectivity index (χ0n) is 7.02. The molecule has 1 aromatic rings. The van der Waals surface area contributed by atoms with Crippen molar-refractivity contribution in [3.63, 3.8) is 0 Å². The topological polar surface area (TPSA) is 22.1 Å². The molecular formula is C9H9Br2NO. The Bertz CT molecular complexity index is 328. The van der Waals surface area contributed by atoms with E-state index in [1.165, 1.54) is 0 Å². The van der Waals surface area contributed by atoms with E-state index in [2.05, 4.69) is 36.8 Å². The van der Waals surface area contributed by atoms with E-state index in [1.54, 1.807) is 0 Å². The third-order valence-corrected chi connectivity index (χ3v) is 3.16. The summed E-state index contributed by atoms with van der Waals surface area (Å²) in [6, 6.07) is 2.00. The van der Waals surface area contributed by atoms with Gasteiger partial charge in [0, 0.05) is 5.33 Å². The highest BCUT2D eigenvalue weighted by Gasteiger charge is 2.15. The van der Waals surface area contributed by atoms with Crippen LogP contribution in [0.15, 0.2) is 10.5 Å². The molecule has 0 aliphatic carbocycles. The fourth-order valence-electron chi connectivity index (χ4n) is 1.41. The Morgan fingerprint density at radius 1 is 1.54 bits per heavy atom. The number of hydrogen-bond acceptors (Lipinski definition) is 2. The van der Waals surface area contributed by atoms with Gasteiger partial charge in [0.15, 0.2) is 5.75 Å². The van der Waals surface area contributed by atoms with Gasteiger partial charge in [-0.3, -0.25) is 4.98 Å². The van der Waals surface area contributed by atoms with E-state index >= 15 is 0 Å². The smallest absolute Gasteiger partial charge is 0.154 e. The minimum Gasteiger partial charge on any atom is -0.490 e. The Morgan fingerprint density at radius 2 is 2.38 bits per heavy atom. The molecule has 0 N–H and O–H groups in total. The van der Waals surface area contributed by atoms with E-state index in [1.807, 2.05) is 6.07 Å². The van der Waals surface area contributed by atoms with Crippen LogP contribution in [0.2, 0.25) is 0 Å². The van der Waals surface area contributed by atoms with Gasteiger partial charge in [0.1, 0.15) is 0 Å². The lowest BCUT2D eigenvalue weighted by Crippen LogP contribution is -2.11. The summed E-state index contributed by atoms with van der Waals surface area (Å²) in [5.41, 5.74) is 2.13. The maximum atomic E-state index is 5.53. The summed E-state index contributed by atoms with van der Waals surface area (Å²) in [5.74, 6) is 0.927. The van der Waals surface area contributed by atoms with Crippen molar-refractivity contribution in [2.75, 3.05) is 6.61 Å². The number of nitrogens with zero attached hydrogens (tertiary/aromatic N) is 1. The van der Waals surface area contributed by atoms with Crippen molar-refractivity contribution in [2.24, 2.45) is 0 Å². The highest BCUT2D eigenvalue weighted by Crippen LogP contribution is 2.32. The fourth-order valence-corrected chi connectivity index (χ4v) is 2.30. The normalized spacial score (nSPS) is 14.9. The molecule has 2 rings (SSSR count). The monoisotopic (exact) mass is 305 g/mol. The van der Waals surface area contributed by atoms with Crippen molar-refractivity contribution < 1.29 is 4.74 Å². The Hall–Kier alpha value is -0.0900. The van der Waals surface area contributed by atoms with Crippen LogP contribution in [0.4, 0.5) is 0 Å². The molecule has 0 spiro atoms. The zero-order chi connectivity index (χ0) is 9.26. The van der Waals surface area contributed by atoms with Crippen molar-refractivity contribution in [3.05, 3.63) is 21.9 Å². The Morgan fingerprint density at radius 3 is 3.15 bits per heavy atom. The Labute approximate surface area is 94.0 Å². The van der Waals surface area contributed by atoms with Crippen LogP contribution in [0.1, 0.15) is 17.8 Å². The quantitative estimate of drug-likeness (QED) is 0.744. The van der Waals surface area contributed by atoms with Gasteiger partial charge in [0.2, 0.25) is 0 Å². The van der Waals surface area contributed by atoms with Crippen molar-refractivity contribution in [3.8, 4) is 5.75 Å². The van der Waals surface area contributed by atoms with E-state index < -0.39 is 0 Å². The summed E-state index contributed by atoms with van der Waals surface area (Å²) in [5, 5.41) is 0.791. The highest BCUT2D eigenvalue weighted by atomic mass is 79.9. The third-order valence-electron chi connectivity index (χ3n) is 1.99. The number of fused-ring (bicyclic) bond motifs is 1. The molecule has 0 radical (unpaired) electrons. The fraction of sp³-hybridized carbons (Fsp3) is 0.444. The number of aryl methyl sites for hydroxylation is 1. The van der Waals surface area contributed by atoms with Crippen molar-refractivity contribution in [1.29, 1.82) is 0 Å². The minimum atomic E-state index is 0.791. The number of halogens is 2. The van der Waals surface area contributed by atoms with Gasteiger partial charge in [-0.25, -0.2) is 0 Å². The lowest BCUT2D eigenvalue weighted by molar-refractivity contribution is 0.282. The molecule has 0 aromatic carbocycles. The van der Waals surface area contributed by atoms with E-state index in [0.717, 1.165) is 46.4 Å². The molecule has 0 amide bonds. The van der Waals surface area contributed by atoms with Crippen molar-refractivity contribution >= 4 is 31.9 Å². The van der Waals surface area contributed by atoms with Crippen LogP contribution in [-0.2, 0) is 11.8 Å². The lowest BCUT2D eigenvalue weighted by Gasteiger charge is -2.18. The molecule has 0 atom stereocenters. The largest absolute Gasteiger partial charge is 0.490 e. The van der Waals surface area contributed by atoms with Crippen molar-refractivity contribution in [2.45, 2.75) is 18.2 Å². The van der Waals surface area contributed by atoms with Crippen LogP contribution < -0.4 is 4.74 Å². The Balaban J connectivity index is 2.47.